The van der Waals surface area contributed by atoms with E-state index in [4.69, 9.17) is 51.5 Å². The van der Waals surface area contributed by atoms with E-state index in [1.165, 1.54) is 0 Å². The molecule has 9 heterocycles. The molecular formula is C59H92O14Si2. The predicted octanol–water partition coefficient (Wildman–Crippen LogP) is 10.3. The molecule has 1 N–H and O–H groups in total. The summed E-state index contributed by atoms with van der Waals surface area (Å²) in [6, 6.07) is 8.96. The van der Waals surface area contributed by atoms with Crippen LogP contribution in [0.2, 0.25) is 36.3 Å². The zero-order chi connectivity index (χ0) is 54.0. The zero-order valence-electron chi connectivity index (χ0n) is 47.3. The summed E-state index contributed by atoms with van der Waals surface area (Å²) in [5.74, 6) is -1.52. The highest BCUT2D eigenvalue weighted by Crippen LogP contribution is 2.54. The third-order valence-corrected chi connectivity index (χ3v) is 28.4. The molecular weight excluding hydrogens is 989 g/mol. The molecule has 75 heavy (non-hydrogen) atoms. The van der Waals surface area contributed by atoms with Gasteiger partial charge in [-0.05, 0) is 104 Å². The van der Waals surface area contributed by atoms with Gasteiger partial charge in [-0.2, -0.15) is 0 Å². The number of ketones is 1. The van der Waals surface area contributed by atoms with E-state index in [2.05, 4.69) is 87.8 Å². The molecule has 420 valence electrons. The third kappa shape index (κ3) is 12.4. The number of carbonyl (C=O) groups is 2. The maximum Gasteiger partial charge on any atom is 0.338 e. The lowest BCUT2D eigenvalue weighted by molar-refractivity contribution is -0.292. The Hall–Kier alpha value is -2.17. The highest BCUT2D eigenvalue weighted by Gasteiger charge is 2.69. The second-order valence-electron chi connectivity index (χ2n) is 26.8. The van der Waals surface area contributed by atoms with Crippen molar-refractivity contribution in [2.45, 2.75) is 272 Å². The molecule has 9 aliphatic heterocycles. The average molecular weight is 1080 g/mol. The predicted molar refractivity (Wildman–Crippen MR) is 289 cm³/mol. The van der Waals surface area contributed by atoms with Gasteiger partial charge in [0.15, 0.2) is 22.4 Å². The van der Waals surface area contributed by atoms with Crippen molar-refractivity contribution in [2.24, 2.45) is 11.8 Å². The normalized spacial score (nSPS) is 40.4. The molecule has 10 bridgehead atoms. The van der Waals surface area contributed by atoms with Gasteiger partial charge in [0.25, 0.3) is 0 Å². The molecule has 9 saturated heterocycles. The third-order valence-electron chi connectivity index (χ3n) is 19.4. The number of ether oxygens (including phenoxy) is 9. The second kappa shape index (κ2) is 22.4. The smallest absolute Gasteiger partial charge is 0.338 e. The largest absolute Gasteiger partial charge is 0.458 e. The Morgan fingerprint density at radius 3 is 2.16 bits per heavy atom. The van der Waals surface area contributed by atoms with Gasteiger partial charge in [0.05, 0.1) is 73.2 Å². The molecule has 16 heteroatoms. The van der Waals surface area contributed by atoms with Gasteiger partial charge in [-0.25, -0.2) is 4.79 Å². The number of methoxy groups -OCH3 is 1. The first kappa shape index (κ1) is 57.5. The molecule has 1 aromatic rings. The van der Waals surface area contributed by atoms with E-state index in [0.717, 1.165) is 12.0 Å². The van der Waals surface area contributed by atoms with Crippen molar-refractivity contribution >= 4 is 28.4 Å². The van der Waals surface area contributed by atoms with Crippen LogP contribution in [0.15, 0.2) is 54.6 Å². The summed E-state index contributed by atoms with van der Waals surface area (Å²) in [6.45, 7) is 34.3. The number of esters is 1. The Balaban J connectivity index is 1.00. The van der Waals surface area contributed by atoms with Gasteiger partial charge in [-0.3, -0.25) is 4.79 Å². The van der Waals surface area contributed by atoms with Crippen molar-refractivity contribution in [3.05, 3.63) is 60.2 Å². The van der Waals surface area contributed by atoms with Crippen LogP contribution in [0, 0.1) is 11.8 Å². The summed E-state index contributed by atoms with van der Waals surface area (Å²) >= 11 is 0. The molecule has 9 aliphatic rings. The molecule has 10 unspecified atom stereocenters. The molecule has 9 fully saturated rings. The van der Waals surface area contributed by atoms with Crippen LogP contribution in [0.25, 0.3) is 0 Å². The average Bonchev–Trinajstić information content (AvgIpc) is 3.90. The lowest BCUT2D eigenvalue weighted by Gasteiger charge is -2.47. The number of hydrogen-bond acceptors (Lipinski definition) is 14. The lowest BCUT2D eigenvalue weighted by atomic mass is 9.81. The fraction of sp³-hybridized carbons (Fsp3) is 0.797. The van der Waals surface area contributed by atoms with E-state index >= 15 is 0 Å². The molecule has 10 rings (SSSR count). The van der Waals surface area contributed by atoms with Crippen LogP contribution in [0.1, 0.15) is 142 Å². The Morgan fingerprint density at radius 1 is 0.773 bits per heavy atom. The van der Waals surface area contributed by atoms with E-state index in [0.29, 0.717) is 75.5 Å². The van der Waals surface area contributed by atoms with E-state index in [1.54, 1.807) is 19.2 Å². The van der Waals surface area contributed by atoms with Gasteiger partial charge < -0.3 is 56.6 Å². The summed E-state index contributed by atoms with van der Waals surface area (Å²) in [6.07, 6.45) is 0.0300. The zero-order valence-corrected chi connectivity index (χ0v) is 49.3. The molecule has 19 atom stereocenters. The van der Waals surface area contributed by atoms with Crippen molar-refractivity contribution in [3.63, 3.8) is 0 Å². The monoisotopic (exact) mass is 1080 g/mol. The van der Waals surface area contributed by atoms with Crippen molar-refractivity contribution in [1.29, 1.82) is 0 Å². The Kier molecular flexibility index (Phi) is 17.2. The number of fused-ring (bicyclic) bond motifs is 4. The molecule has 14 nitrogen and oxygen atoms in total. The standard InChI is InChI=1S/C59H92O14Si2/c1-34-26-39-20-22-44(61)35(2)27-41(67-56(62)37-18-16-15-17-19-37)24-25-59-32-49-52(71-59)53-54(70-49)55(72-59)51-45(69-53)23-21-40(66-51)28-38(60)29-43-47(31-46(65-39)36(34)3)68-48(50(43)63-10)30-42(73-75(13,14)58(7,8)9)33-64-74(11,12)57(4,5)6/h15-19,34,39-55,61H,2-3,20-33H2,1,4-14H3/t34?,39?,40?,41-,42?,43?,44?,45?,46?,47-,48+,49+,50+,51-,52?,53-,54+,55?,59-/m0/s1. The molecule has 0 aliphatic carbocycles. The summed E-state index contributed by atoms with van der Waals surface area (Å²) in [5, 5.41) is 11.8. The number of aliphatic hydroxyl groups excluding tert-OH is 1. The minimum Gasteiger partial charge on any atom is -0.458 e. The van der Waals surface area contributed by atoms with Crippen LogP contribution in [-0.2, 0) is 56.3 Å². The molecule has 0 aromatic heterocycles. The summed E-state index contributed by atoms with van der Waals surface area (Å²) in [7, 11) is -2.69. The number of benzene rings is 1. The van der Waals surface area contributed by atoms with Gasteiger partial charge in [0.2, 0.25) is 0 Å². The van der Waals surface area contributed by atoms with Crippen LogP contribution in [0.5, 0.6) is 0 Å². The minimum absolute atomic E-state index is 0.0201. The Labute approximate surface area is 450 Å². The van der Waals surface area contributed by atoms with E-state index in [9.17, 15) is 14.7 Å². The van der Waals surface area contributed by atoms with E-state index < -0.39 is 58.9 Å². The first-order valence-electron chi connectivity index (χ1n) is 28.5. The lowest BCUT2D eigenvalue weighted by Crippen LogP contribution is -2.61. The highest BCUT2D eigenvalue weighted by molar-refractivity contribution is 6.74. The first-order chi connectivity index (χ1) is 35.2. The van der Waals surface area contributed by atoms with E-state index in [1.807, 2.05) is 18.2 Å². The molecule has 0 amide bonds. The van der Waals surface area contributed by atoms with Crippen molar-refractivity contribution in [1.82, 2.24) is 0 Å². The summed E-state index contributed by atoms with van der Waals surface area (Å²) < 4.78 is 75.6. The highest BCUT2D eigenvalue weighted by atomic mass is 28.4. The van der Waals surface area contributed by atoms with Gasteiger partial charge in [0, 0.05) is 58.0 Å². The Morgan fingerprint density at radius 2 is 1.45 bits per heavy atom. The van der Waals surface area contributed by atoms with Gasteiger partial charge >= 0.3 is 5.97 Å². The number of aliphatic hydroxyl groups is 1. The van der Waals surface area contributed by atoms with E-state index in [-0.39, 0.29) is 114 Å². The Bertz CT molecular complexity index is 2190. The van der Waals surface area contributed by atoms with Crippen LogP contribution in [-0.4, -0.2) is 151 Å². The summed E-state index contributed by atoms with van der Waals surface area (Å²) in [4.78, 5) is 28.4. The fourth-order valence-corrected chi connectivity index (χ4v) is 15.2. The first-order valence-corrected chi connectivity index (χ1v) is 34.3. The maximum atomic E-state index is 14.8. The quantitative estimate of drug-likeness (QED) is 0.134. The SMILES string of the molecule is C=C1C[C@@H](OC(=O)c2ccccc2)CC[C@@]23C[C@H]4O[C@H]5C(O2)[C@H]2OC(CCC2O[C@H]5C4O3)CC(=O)CC2[C@H](CC3OC(CCC1O)CC(C)C3=C)O[C@H](CC(CO[Si](C)(C)C(C)(C)C)O[Si](C)(C)C(C)(C)C)[C@@H]2OC. The van der Waals surface area contributed by atoms with Crippen LogP contribution in [0.4, 0.5) is 0 Å². The summed E-state index contributed by atoms with van der Waals surface area (Å²) in [5.41, 5.74) is 2.03. The van der Waals surface area contributed by atoms with Gasteiger partial charge in [-0.15, -0.1) is 0 Å². The van der Waals surface area contributed by atoms with Crippen LogP contribution in [0.3, 0.4) is 0 Å². The van der Waals surface area contributed by atoms with Crippen molar-refractivity contribution < 1.29 is 66.2 Å². The fourth-order valence-electron chi connectivity index (χ4n) is 12.8. The second-order valence-corrected chi connectivity index (χ2v) is 36.3. The van der Waals surface area contributed by atoms with Gasteiger partial charge in [-0.1, -0.05) is 79.8 Å². The van der Waals surface area contributed by atoms with Crippen LogP contribution < -0.4 is 0 Å². The molecule has 1 aromatic carbocycles. The number of rotatable bonds is 10. The number of hydrogen-bond donors (Lipinski definition) is 1. The van der Waals surface area contributed by atoms with Crippen molar-refractivity contribution in [3.8, 4) is 0 Å². The topological polar surface area (TPSA) is 156 Å². The number of carbonyl (C=O) groups excluding carboxylic acids is 2. The van der Waals surface area contributed by atoms with Crippen LogP contribution >= 0.6 is 0 Å². The van der Waals surface area contributed by atoms with Gasteiger partial charge in [0.1, 0.15) is 42.4 Å². The number of Topliss-reactive ketones (excluding diaryl/α,β-unsaturated/α-hetero) is 1. The maximum absolute atomic E-state index is 14.8. The van der Waals surface area contributed by atoms with Crippen molar-refractivity contribution in [2.75, 3.05) is 13.7 Å². The molecule has 1 spiro atoms. The minimum atomic E-state index is -2.28. The molecule has 0 radical (unpaired) electrons. The molecule has 0 saturated carbocycles.